The van der Waals surface area contributed by atoms with E-state index in [4.69, 9.17) is 14.5 Å². The van der Waals surface area contributed by atoms with Crippen molar-refractivity contribution in [2.24, 2.45) is 5.41 Å². The first-order valence-electron chi connectivity index (χ1n) is 14.1. The van der Waals surface area contributed by atoms with E-state index in [0.717, 1.165) is 37.2 Å². The number of halogens is 1. The number of pyridine rings is 1. The highest BCUT2D eigenvalue weighted by Gasteiger charge is 2.36. The molecule has 3 aromatic rings. The number of hydrogen-bond donors (Lipinski definition) is 1. The molecule has 1 atom stereocenters. The molecular formula is C32H41FN4O4. The van der Waals surface area contributed by atoms with E-state index in [1.54, 1.807) is 24.5 Å². The SMILES string of the molecule is Cc1nc(-c2cnc(C)c(C(OC(C)(C)C)C(=O)O)c2N2CCC(C)(C)CC2)ncc1OCCc1ccc(F)cc1. The van der Waals surface area contributed by atoms with Crippen LogP contribution in [-0.2, 0) is 16.0 Å². The number of aryl methyl sites for hydroxylation is 2. The van der Waals surface area contributed by atoms with Gasteiger partial charge in [-0.3, -0.25) is 4.98 Å². The van der Waals surface area contributed by atoms with E-state index < -0.39 is 17.7 Å². The molecule has 0 amide bonds. The van der Waals surface area contributed by atoms with Crippen LogP contribution in [0, 0.1) is 25.1 Å². The van der Waals surface area contributed by atoms with E-state index >= 15 is 0 Å². The lowest BCUT2D eigenvalue weighted by molar-refractivity contribution is -0.160. The van der Waals surface area contributed by atoms with Crippen LogP contribution in [0.25, 0.3) is 11.4 Å². The highest BCUT2D eigenvalue weighted by atomic mass is 19.1. The normalized spacial score (nSPS) is 16.0. The molecule has 0 radical (unpaired) electrons. The number of carbonyl (C=O) groups is 1. The van der Waals surface area contributed by atoms with Gasteiger partial charge in [-0.2, -0.15) is 0 Å². The number of aliphatic carboxylic acids is 1. The lowest BCUT2D eigenvalue weighted by Crippen LogP contribution is -2.39. The van der Waals surface area contributed by atoms with Gasteiger partial charge in [-0.25, -0.2) is 19.2 Å². The third-order valence-electron chi connectivity index (χ3n) is 7.42. The Hall–Kier alpha value is -3.59. The predicted molar refractivity (Wildman–Crippen MR) is 157 cm³/mol. The zero-order chi connectivity index (χ0) is 29.9. The average Bonchev–Trinajstić information content (AvgIpc) is 2.89. The molecule has 1 aromatic carbocycles. The number of piperidine rings is 1. The van der Waals surface area contributed by atoms with Crippen molar-refractivity contribution in [3.05, 3.63) is 65.0 Å². The Labute approximate surface area is 242 Å². The number of nitrogens with zero attached hydrogens (tertiary/aromatic N) is 4. The van der Waals surface area contributed by atoms with Gasteiger partial charge in [0.2, 0.25) is 0 Å². The van der Waals surface area contributed by atoms with Gasteiger partial charge in [0.15, 0.2) is 17.7 Å². The van der Waals surface area contributed by atoms with Gasteiger partial charge in [-0.05, 0) is 70.6 Å². The van der Waals surface area contributed by atoms with Crippen molar-refractivity contribution < 1.29 is 23.8 Å². The van der Waals surface area contributed by atoms with Crippen molar-refractivity contribution in [3.63, 3.8) is 0 Å². The van der Waals surface area contributed by atoms with E-state index in [0.29, 0.717) is 47.1 Å². The Morgan fingerprint density at radius 2 is 1.73 bits per heavy atom. The number of rotatable bonds is 9. The van der Waals surface area contributed by atoms with Gasteiger partial charge in [0, 0.05) is 37.0 Å². The van der Waals surface area contributed by atoms with Gasteiger partial charge in [0.05, 0.1) is 35.3 Å². The van der Waals surface area contributed by atoms with Crippen molar-refractivity contribution in [1.29, 1.82) is 0 Å². The smallest absolute Gasteiger partial charge is 0.337 e. The molecule has 3 heterocycles. The first kappa shape index (κ1) is 30.4. The maximum absolute atomic E-state index is 13.2. The van der Waals surface area contributed by atoms with Gasteiger partial charge in [-0.1, -0.05) is 26.0 Å². The fraction of sp³-hybridized carbons (Fsp3) is 0.500. The third kappa shape index (κ3) is 7.58. The Morgan fingerprint density at radius 3 is 2.32 bits per heavy atom. The van der Waals surface area contributed by atoms with Gasteiger partial charge < -0.3 is 19.5 Å². The minimum atomic E-state index is -1.21. The van der Waals surface area contributed by atoms with Gasteiger partial charge in [0.25, 0.3) is 0 Å². The molecule has 2 aromatic heterocycles. The molecule has 9 heteroatoms. The van der Waals surface area contributed by atoms with Crippen LogP contribution in [0.15, 0.2) is 36.7 Å². The van der Waals surface area contributed by atoms with Crippen molar-refractivity contribution in [3.8, 4) is 17.1 Å². The Kier molecular flexibility index (Phi) is 8.97. The average molecular weight is 565 g/mol. The molecule has 0 aliphatic carbocycles. The molecule has 4 rings (SSSR count). The van der Waals surface area contributed by atoms with Crippen LogP contribution in [0.2, 0.25) is 0 Å². The Morgan fingerprint density at radius 1 is 1.07 bits per heavy atom. The molecule has 8 nitrogen and oxygen atoms in total. The number of benzene rings is 1. The van der Waals surface area contributed by atoms with Crippen LogP contribution in [0.4, 0.5) is 10.1 Å². The van der Waals surface area contributed by atoms with E-state index in [2.05, 4.69) is 28.7 Å². The molecule has 1 fully saturated rings. The number of hydrogen-bond acceptors (Lipinski definition) is 7. The summed E-state index contributed by atoms with van der Waals surface area (Å²) in [6.07, 6.45) is 4.71. The quantitative estimate of drug-likeness (QED) is 0.315. The molecule has 1 unspecified atom stereocenters. The summed E-state index contributed by atoms with van der Waals surface area (Å²) >= 11 is 0. The third-order valence-corrected chi connectivity index (χ3v) is 7.42. The number of carboxylic acids is 1. The second kappa shape index (κ2) is 12.1. The number of ether oxygens (including phenoxy) is 2. The maximum atomic E-state index is 13.2. The topological polar surface area (TPSA) is 97.7 Å². The van der Waals surface area contributed by atoms with Crippen molar-refractivity contribution in [2.45, 2.75) is 79.4 Å². The number of carboxylic acid groups (broad SMARTS) is 1. The lowest BCUT2D eigenvalue weighted by Gasteiger charge is -2.40. The van der Waals surface area contributed by atoms with Crippen LogP contribution in [0.5, 0.6) is 5.75 Å². The summed E-state index contributed by atoms with van der Waals surface area (Å²) in [4.78, 5) is 28.9. The van der Waals surface area contributed by atoms with E-state index in [9.17, 15) is 14.3 Å². The molecule has 1 aliphatic heterocycles. The monoisotopic (exact) mass is 564 g/mol. The van der Waals surface area contributed by atoms with Gasteiger partial charge in [-0.15, -0.1) is 0 Å². The predicted octanol–water partition coefficient (Wildman–Crippen LogP) is 6.48. The van der Waals surface area contributed by atoms with E-state index in [1.165, 1.54) is 12.1 Å². The molecule has 220 valence electrons. The minimum absolute atomic E-state index is 0.201. The molecule has 0 saturated carbocycles. The summed E-state index contributed by atoms with van der Waals surface area (Å²) in [6.45, 7) is 15.7. The fourth-order valence-electron chi connectivity index (χ4n) is 5.01. The Balaban J connectivity index is 1.71. The zero-order valence-corrected chi connectivity index (χ0v) is 25.1. The summed E-state index contributed by atoms with van der Waals surface area (Å²) in [5.41, 5.74) is 3.69. The van der Waals surface area contributed by atoms with Crippen LogP contribution >= 0.6 is 0 Å². The molecule has 0 bridgehead atoms. The largest absolute Gasteiger partial charge is 0.490 e. The zero-order valence-electron chi connectivity index (χ0n) is 25.1. The molecule has 41 heavy (non-hydrogen) atoms. The number of anilines is 1. The van der Waals surface area contributed by atoms with Crippen LogP contribution in [-0.4, -0.2) is 51.3 Å². The standard InChI is InChI=1S/C32H41FN4O4/c1-20-25(40-17-12-22-8-10-23(33)11-9-22)19-35-29(36-20)24-18-34-21(2)26(28(30(38)39)41-31(3,4)5)27(24)37-15-13-32(6,7)14-16-37/h8-11,18-19,28H,12-17H2,1-7H3,(H,38,39). The summed E-state index contributed by atoms with van der Waals surface area (Å²) in [6, 6.07) is 6.35. The molecule has 1 saturated heterocycles. The first-order valence-corrected chi connectivity index (χ1v) is 14.1. The highest BCUT2D eigenvalue weighted by molar-refractivity contribution is 5.84. The fourth-order valence-corrected chi connectivity index (χ4v) is 5.01. The van der Waals surface area contributed by atoms with Crippen molar-refractivity contribution >= 4 is 11.7 Å². The van der Waals surface area contributed by atoms with Gasteiger partial charge >= 0.3 is 5.97 Å². The lowest BCUT2D eigenvalue weighted by atomic mass is 9.82. The summed E-state index contributed by atoms with van der Waals surface area (Å²) in [5.74, 6) is -0.336. The molecule has 1 aliphatic rings. The Bertz CT molecular complexity index is 1380. The second-order valence-corrected chi connectivity index (χ2v) is 12.5. The van der Waals surface area contributed by atoms with E-state index in [-0.39, 0.29) is 11.2 Å². The second-order valence-electron chi connectivity index (χ2n) is 12.5. The van der Waals surface area contributed by atoms with Crippen molar-refractivity contribution in [2.75, 3.05) is 24.6 Å². The summed E-state index contributed by atoms with van der Waals surface area (Å²) in [7, 11) is 0. The first-order chi connectivity index (χ1) is 19.2. The van der Waals surface area contributed by atoms with Gasteiger partial charge in [0.1, 0.15) is 5.82 Å². The summed E-state index contributed by atoms with van der Waals surface area (Å²) < 4.78 is 25.3. The molecule has 1 N–H and O–H groups in total. The van der Waals surface area contributed by atoms with Crippen LogP contribution in [0.1, 0.15) is 76.1 Å². The maximum Gasteiger partial charge on any atom is 0.337 e. The molecular weight excluding hydrogens is 523 g/mol. The van der Waals surface area contributed by atoms with Crippen molar-refractivity contribution in [1.82, 2.24) is 15.0 Å². The van der Waals surface area contributed by atoms with Crippen LogP contribution in [0.3, 0.4) is 0 Å². The van der Waals surface area contributed by atoms with Crippen LogP contribution < -0.4 is 9.64 Å². The minimum Gasteiger partial charge on any atom is -0.490 e. The highest BCUT2D eigenvalue weighted by Crippen LogP contribution is 2.42. The molecule has 0 spiro atoms. The summed E-state index contributed by atoms with van der Waals surface area (Å²) in [5, 5.41) is 10.3. The van der Waals surface area contributed by atoms with E-state index in [1.807, 2.05) is 34.6 Å². The number of aromatic nitrogens is 3.